The van der Waals surface area contributed by atoms with Gasteiger partial charge >= 0.3 is 0 Å². The summed E-state index contributed by atoms with van der Waals surface area (Å²) in [6.45, 7) is 3.07. The molecule has 2 aromatic rings. The topological polar surface area (TPSA) is 56.2 Å². The van der Waals surface area contributed by atoms with Crippen LogP contribution < -0.4 is 5.32 Å². The molecule has 1 N–H and O–H groups in total. The number of methoxy groups -OCH3 is 1. The second-order valence-electron chi connectivity index (χ2n) is 4.57. The monoisotopic (exact) mass is 307 g/mol. The van der Waals surface area contributed by atoms with Gasteiger partial charge in [0.2, 0.25) is 0 Å². The number of carbonyl (C=O) groups excluding carboxylic acids is 1. The summed E-state index contributed by atoms with van der Waals surface area (Å²) in [4.78, 5) is 12.0. The average molecular weight is 308 g/mol. The summed E-state index contributed by atoms with van der Waals surface area (Å²) in [5.74, 6) is -0.168. The lowest BCUT2D eigenvalue weighted by molar-refractivity contribution is 0.0828. The first-order valence-electron chi connectivity index (χ1n) is 6.73. The van der Waals surface area contributed by atoms with Crippen LogP contribution in [0.1, 0.15) is 28.9 Å². The highest BCUT2D eigenvalue weighted by molar-refractivity contribution is 6.30. The third-order valence-corrected chi connectivity index (χ3v) is 3.41. The normalized spacial score (nSPS) is 12.1. The minimum absolute atomic E-state index is 0.168. The SMILES string of the molecule is CCn1cc(C(=O)NC[C@@H](OC)c2cccc(Cl)c2)cn1. The van der Waals surface area contributed by atoms with Crippen molar-refractivity contribution in [1.82, 2.24) is 15.1 Å². The number of nitrogens with one attached hydrogen (secondary N) is 1. The summed E-state index contributed by atoms with van der Waals surface area (Å²) in [5.41, 5.74) is 1.47. The number of ether oxygens (including phenoxy) is 1. The molecule has 0 saturated carbocycles. The molecule has 1 amide bonds. The number of halogens is 1. The lowest BCUT2D eigenvalue weighted by Crippen LogP contribution is -2.28. The van der Waals surface area contributed by atoms with E-state index in [4.69, 9.17) is 16.3 Å². The zero-order valence-corrected chi connectivity index (χ0v) is 12.8. The van der Waals surface area contributed by atoms with Crippen LogP contribution in [0.3, 0.4) is 0 Å². The fraction of sp³-hybridized carbons (Fsp3) is 0.333. The first-order chi connectivity index (χ1) is 10.1. The third kappa shape index (κ3) is 4.06. The molecule has 0 bridgehead atoms. The molecule has 0 fully saturated rings. The van der Waals surface area contributed by atoms with Crippen molar-refractivity contribution in [3.05, 3.63) is 52.8 Å². The van der Waals surface area contributed by atoms with Gasteiger partial charge in [-0.3, -0.25) is 9.48 Å². The van der Waals surface area contributed by atoms with Crippen molar-refractivity contribution in [2.75, 3.05) is 13.7 Å². The van der Waals surface area contributed by atoms with Gasteiger partial charge in [0, 0.05) is 31.4 Å². The van der Waals surface area contributed by atoms with Gasteiger partial charge in [0.15, 0.2) is 0 Å². The summed E-state index contributed by atoms with van der Waals surface area (Å²) in [6, 6.07) is 7.41. The van der Waals surface area contributed by atoms with Crippen molar-refractivity contribution in [2.45, 2.75) is 19.6 Å². The van der Waals surface area contributed by atoms with Crippen LogP contribution in [0, 0.1) is 0 Å². The van der Waals surface area contributed by atoms with E-state index in [9.17, 15) is 4.79 Å². The molecule has 0 unspecified atom stereocenters. The van der Waals surface area contributed by atoms with Crippen molar-refractivity contribution < 1.29 is 9.53 Å². The molecule has 6 heteroatoms. The standard InChI is InChI=1S/C15H18ClN3O2/c1-3-19-10-12(8-18-19)15(20)17-9-14(21-2)11-5-4-6-13(16)7-11/h4-8,10,14H,3,9H2,1-2H3,(H,17,20)/t14-/m1/s1. The van der Waals surface area contributed by atoms with Crippen LogP contribution in [-0.2, 0) is 11.3 Å². The summed E-state index contributed by atoms with van der Waals surface area (Å²) in [5, 5.41) is 7.57. The third-order valence-electron chi connectivity index (χ3n) is 3.17. The highest BCUT2D eigenvalue weighted by atomic mass is 35.5. The molecule has 0 spiro atoms. The number of hydrogen-bond donors (Lipinski definition) is 1. The number of rotatable bonds is 6. The molecule has 2 rings (SSSR count). The summed E-state index contributed by atoms with van der Waals surface area (Å²) >= 11 is 5.97. The predicted molar refractivity (Wildman–Crippen MR) is 81.4 cm³/mol. The second kappa shape index (κ2) is 7.24. The van der Waals surface area contributed by atoms with Crippen LogP contribution in [0.5, 0.6) is 0 Å². The van der Waals surface area contributed by atoms with Crippen LogP contribution in [0.15, 0.2) is 36.7 Å². The van der Waals surface area contributed by atoms with Gasteiger partial charge in [0.25, 0.3) is 5.91 Å². The molecular formula is C15H18ClN3O2. The van der Waals surface area contributed by atoms with E-state index in [1.165, 1.54) is 0 Å². The molecule has 1 aromatic carbocycles. The largest absolute Gasteiger partial charge is 0.375 e. The zero-order valence-electron chi connectivity index (χ0n) is 12.0. The molecule has 21 heavy (non-hydrogen) atoms. The molecule has 0 aliphatic carbocycles. The Balaban J connectivity index is 1.98. The summed E-state index contributed by atoms with van der Waals surface area (Å²) in [6.07, 6.45) is 3.03. The van der Waals surface area contributed by atoms with Gasteiger partial charge in [-0.2, -0.15) is 5.10 Å². The molecule has 1 aromatic heterocycles. The maximum atomic E-state index is 12.0. The van der Waals surface area contributed by atoms with Crippen LogP contribution in [0.2, 0.25) is 5.02 Å². The van der Waals surface area contributed by atoms with E-state index in [0.29, 0.717) is 17.1 Å². The van der Waals surface area contributed by atoms with Crippen LogP contribution in [-0.4, -0.2) is 29.3 Å². The molecule has 0 aliphatic heterocycles. The van der Waals surface area contributed by atoms with Crippen molar-refractivity contribution in [3.63, 3.8) is 0 Å². The number of amides is 1. The molecule has 0 radical (unpaired) electrons. The summed E-state index contributed by atoms with van der Waals surface area (Å²) in [7, 11) is 1.60. The lowest BCUT2D eigenvalue weighted by Gasteiger charge is -2.16. The Kier molecular flexibility index (Phi) is 5.36. The maximum absolute atomic E-state index is 12.0. The van der Waals surface area contributed by atoms with Crippen LogP contribution in [0.25, 0.3) is 0 Å². The van der Waals surface area contributed by atoms with Crippen molar-refractivity contribution in [2.24, 2.45) is 0 Å². The van der Waals surface area contributed by atoms with Gasteiger partial charge in [0.05, 0.1) is 17.9 Å². The number of nitrogens with zero attached hydrogens (tertiary/aromatic N) is 2. The molecule has 0 saturated heterocycles. The molecular weight excluding hydrogens is 290 g/mol. The van der Waals surface area contributed by atoms with Crippen LogP contribution in [0.4, 0.5) is 0 Å². The van der Waals surface area contributed by atoms with Crippen molar-refractivity contribution in [1.29, 1.82) is 0 Å². The lowest BCUT2D eigenvalue weighted by atomic mass is 10.1. The molecule has 112 valence electrons. The van der Waals surface area contributed by atoms with E-state index >= 15 is 0 Å². The highest BCUT2D eigenvalue weighted by Crippen LogP contribution is 2.19. The smallest absolute Gasteiger partial charge is 0.254 e. The van der Waals surface area contributed by atoms with Gasteiger partial charge in [-0.15, -0.1) is 0 Å². The average Bonchev–Trinajstić information content (AvgIpc) is 2.97. The minimum atomic E-state index is -0.242. The number of aromatic nitrogens is 2. The van der Waals surface area contributed by atoms with E-state index in [1.54, 1.807) is 30.3 Å². The Hall–Kier alpha value is -1.85. The van der Waals surface area contributed by atoms with E-state index < -0.39 is 0 Å². The highest BCUT2D eigenvalue weighted by Gasteiger charge is 2.14. The van der Waals surface area contributed by atoms with Gasteiger partial charge in [-0.1, -0.05) is 23.7 Å². The van der Waals surface area contributed by atoms with E-state index in [2.05, 4.69) is 10.4 Å². The van der Waals surface area contributed by atoms with E-state index in [1.807, 2.05) is 25.1 Å². The minimum Gasteiger partial charge on any atom is -0.375 e. The van der Waals surface area contributed by atoms with Gasteiger partial charge < -0.3 is 10.1 Å². The number of aryl methyl sites for hydroxylation is 1. The van der Waals surface area contributed by atoms with E-state index in [-0.39, 0.29) is 12.0 Å². The first-order valence-corrected chi connectivity index (χ1v) is 7.10. The van der Waals surface area contributed by atoms with Gasteiger partial charge in [-0.05, 0) is 24.6 Å². The molecule has 1 heterocycles. The Morgan fingerprint density at radius 2 is 2.33 bits per heavy atom. The van der Waals surface area contributed by atoms with Crippen molar-refractivity contribution in [3.8, 4) is 0 Å². The zero-order chi connectivity index (χ0) is 15.2. The molecule has 5 nitrogen and oxygen atoms in total. The second-order valence-corrected chi connectivity index (χ2v) is 5.01. The van der Waals surface area contributed by atoms with E-state index in [0.717, 1.165) is 12.1 Å². The van der Waals surface area contributed by atoms with Crippen LogP contribution >= 0.6 is 11.6 Å². The predicted octanol–water partition coefficient (Wildman–Crippen LogP) is 2.67. The molecule has 1 atom stereocenters. The Bertz CT molecular complexity index is 612. The van der Waals surface area contributed by atoms with Gasteiger partial charge in [0.1, 0.15) is 0 Å². The molecule has 0 aliphatic rings. The summed E-state index contributed by atoms with van der Waals surface area (Å²) < 4.78 is 7.12. The Morgan fingerprint density at radius 1 is 1.52 bits per heavy atom. The fourth-order valence-electron chi connectivity index (χ4n) is 1.99. The fourth-order valence-corrected chi connectivity index (χ4v) is 2.18. The number of hydrogen-bond acceptors (Lipinski definition) is 3. The van der Waals surface area contributed by atoms with Crippen molar-refractivity contribution >= 4 is 17.5 Å². The maximum Gasteiger partial charge on any atom is 0.254 e. The number of benzene rings is 1. The quantitative estimate of drug-likeness (QED) is 0.892. The Labute approximate surface area is 128 Å². The number of carbonyl (C=O) groups is 1. The first kappa shape index (κ1) is 15.5. The Morgan fingerprint density at radius 3 is 2.95 bits per heavy atom. The van der Waals surface area contributed by atoms with Gasteiger partial charge in [-0.25, -0.2) is 0 Å².